The molecule has 2 fully saturated rings. The van der Waals surface area contributed by atoms with Gasteiger partial charge in [-0.15, -0.1) is 0 Å². The highest BCUT2D eigenvalue weighted by molar-refractivity contribution is 8.77. The highest BCUT2D eigenvalue weighted by Crippen LogP contribution is 2.49. The molecule has 0 spiro atoms. The molecule has 0 aromatic rings. The fourth-order valence-corrected chi connectivity index (χ4v) is 14.4. The molecule has 0 aliphatic carbocycles. The van der Waals surface area contributed by atoms with E-state index in [4.69, 9.17) is 26.4 Å². The number of carbonyl (C=O) groups excluding carboxylic acids is 8. The molecule has 2 rings (SSSR count). The van der Waals surface area contributed by atoms with E-state index in [9.17, 15) is 63.9 Å². The molecule has 0 aromatic heterocycles. The van der Waals surface area contributed by atoms with Crippen LogP contribution in [0.25, 0.3) is 0 Å². The maximum atomic E-state index is 14.7. The SMILES string of the molecule is CCC(C)(CC(C)(CC(C)(CC(C)(C)C(=O)NCCNC(=O)CCSSCCC(=O)NCCOC1OC(CO)C(O)C(O)C1O)C(=O)NCCNC(=O)CCSSCCC(=O)N1CCSC1=S)C(=O)OCC[N+](C)(C)C)C(=O)NCC(C)O.[Cl-]. The van der Waals surface area contributed by atoms with Crippen molar-refractivity contribution in [2.45, 2.75) is 137 Å². The number of thiocarbonyl (C=S) groups is 1. The minimum absolute atomic E-state index is 0. The monoisotopic (exact) mass is 1330 g/mol. The second-order valence-corrected chi connectivity index (χ2v) is 30.4. The number of halogens is 1. The van der Waals surface area contributed by atoms with Crippen molar-refractivity contribution in [2.75, 3.05) is 122 Å². The van der Waals surface area contributed by atoms with E-state index in [2.05, 4.69) is 31.9 Å². The molecule has 0 radical (unpaired) electrons. The third kappa shape index (κ3) is 29.3. The lowest BCUT2D eigenvalue weighted by atomic mass is 9.61. The van der Waals surface area contributed by atoms with Gasteiger partial charge in [-0.1, -0.05) is 102 Å². The smallest absolute Gasteiger partial charge is 0.312 e. The first-order chi connectivity index (χ1) is 38.8. The third-order valence-electron chi connectivity index (χ3n) is 13.8. The molecule has 9 atom stereocenters. The van der Waals surface area contributed by atoms with E-state index in [0.717, 1.165) is 5.75 Å². The standard InChI is InChI=1S/C53H94N8O16S6.ClH/c1-11-51(5,46(72)59-30-35(2)63)33-53(7,48(74)76-24-22-61(8,9)10)34-52(6,47(73)58-19-17-55-38(65)13-26-82-83-28-15-40(67)60-21-29-79-49(60)78)32-50(3,4)45(71)57-18-16-54-37(64)12-25-80-81-27-14-39(66)56-20-23-75-44-43(70)42(69)41(68)36(31-62)77-44;/h35-36,41-44,62-63,68-70H,11-34H2,1-10H3,(H5-,54,55,56,57,58,59,64,65,66,71,72,73);1H. The van der Waals surface area contributed by atoms with Gasteiger partial charge < -0.3 is 88.5 Å². The van der Waals surface area contributed by atoms with Crippen LogP contribution in [0.1, 0.15) is 99.8 Å². The van der Waals surface area contributed by atoms with Crippen molar-refractivity contribution < 1.29 is 95.0 Å². The van der Waals surface area contributed by atoms with Crippen molar-refractivity contribution in [2.24, 2.45) is 21.7 Å². The Labute approximate surface area is 527 Å². The molecule has 11 N–H and O–H groups in total. The van der Waals surface area contributed by atoms with E-state index >= 15 is 0 Å². The van der Waals surface area contributed by atoms with E-state index in [-0.39, 0.29) is 133 Å². The lowest BCUT2D eigenvalue weighted by molar-refractivity contribution is -0.870. The number of amides is 7. The van der Waals surface area contributed by atoms with Gasteiger partial charge in [-0.25, -0.2) is 0 Å². The predicted molar refractivity (Wildman–Crippen MR) is 331 cm³/mol. The number of esters is 1. The first-order valence-electron chi connectivity index (χ1n) is 28.0. The zero-order valence-electron chi connectivity index (χ0n) is 50.4. The summed E-state index contributed by atoms with van der Waals surface area (Å²) >= 11 is 6.73. The number of carbonyl (C=O) groups is 8. The maximum absolute atomic E-state index is 14.7. The van der Waals surface area contributed by atoms with Crippen LogP contribution in [0.3, 0.4) is 0 Å². The first kappa shape index (κ1) is 79.6. The number of aliphatic hydroxyl groups is 5. The highest BCUT2D eigenvalue weighted by Gasteiger charge is 2.52. The summed E-state index contributed by atoms with van der Waals surface area (Å²) in [6.07, 6.45) is -6.90. The minimum Gasteiger partial charge on any atom is -1.00 e. The fraction of sp³-hybridized carbons (Fsp3) is 0.830. The lowest BCUT2D eigenvalue weighted by Gasteiger charge is -2.43. The molecule has 0 aromatic carbocycles. The van der Waals surface area contributed by atoms with Crippen LogP contribution in [0, 0.1) is 21.7 Å². The van der Waals surface area contributed by atoms with E-state index in [0.29, 0.717) is 57.7 Å². The zero-order chi connectivity index (χ0) is 62.6. The highest BCUT2D eigenvalue weighted by atomic mass is 35.5. The lowest BCUT2D eigenvalue weighted by Crippen LogP contribution is -3.00. The van der Waals surface area contributed by atoms with E-state index < -0.39 is 82.9 Å². The number of aliphatic hydroxyl groups excluding tert-OH is 5. The summed E-state index contributed by atoms with van der Waals surface area (Å²) in [5.41, 5.74) is -5.32. The maximum Gasteiger partial charge on any atom is 0.312 e. The summed E-state index contributed by atoms with van der Waals surface area (Å²) in [4.78, 5) is 109. The molecule has 0 saturated carbocycles. The van der Waals surface area contributed by atoms with Gasteiger partial charge in [-0.2, -0.15) is 0 Å². The number of nitrogens with one attached hydrogen (secondary N) is 6. The molecule has 7 amide bonds. The molecule has 31 heteroatoms. The van der Waals surface area contributed by atoms with Crippen LogP contribution < -0.4 is 44.3 Å². The normalized spacial score (nSPS) is 20.6. The zero-order valence-corrected chi connectivity index (χ0v) is 56.0. The van der Waals surface area contributed by atoms with Crippen molar-refractivity contribution in [1.29, 1.82) is 0 Å². The van der Waals surface area contributed by atoms with E-state index in [1.54, 1.807) is 46.4 Å². The quantitative estimate of drug-likeness (QED) is 0.0103. The topological polar surface area (TPSA) is 341 Å². The van der Waals surface area contributed by atoms with Gasteiger partial charge in [0.05, 0.1) is 45.9 Å². The number of nitrogens with zero attached hydrogens (tertiary/aromatic N) is 2. The average molecular weight is 1330 g/mol. The molecule has 2 aliphatic rings. The van der Waals surface area contributed by atoms with Crippen LogP contribution in [-0.4, -0.2) is 245 Å². The van der Waals surface area contributed by atoms with Crippen molar-refractivity contribution >= 4 is 119 Å². The van der Waals surface area contributed by atoms with E-state index in [1.165, 1.54) is 54.9 Å². The van der Waals surface area contributed by atoms with Gasteiger partial charge in [0.1, 0.15) is 41.9 Å². The molecule has 2 heterocycles. The van der Waals surface area contributed by atoms with Crippen molar-refractivity contribution in [3.63, 3.8) is 0 Å². The van der Waals surface area contributed by atoms with Crippen LogP contribution in [-0.2, 0) is 52.6 Å². The van der Waals surface area contributed by atoms with Crippen molar-refractivity contribution in [3.05, 3.63) is 0 Å². The molecule has 486 valence electrons. The second kappa shape index (κ2) is 39.5. The van der Waals surface area contributed by atoms with Gasteiger partial charge in [0.2, 0.25) is 41.4 Å². The number of rotatable bonds is 41. The third-order valence-corrected chi connectivity index (χ3v) is 20.1. The Hall–Kier alpha value is -2.43. The van der Waals surface area contributed by atoms with Crippen molar-refractivity contribution in [3.8, 4) is 0 Å². The number of hydrogen-bond donors (Lipinski definition) is 11. The summed E-state index contributed by atoms with van der Waals surface area (Å²) in [6.45, 7) is 12.7. The van der Waals surface area contributed by atoms with Crippen LogP contribution in [0.5, 0.6) is 0 Å². The van der Waals surface area contributed by atoms with Gasteiger partial charge >= 0.3 is 5.97 Å². The number of likely N-dealkylation sites (N-methyl/N-ethyl adjacent to an activating group) is 1. The molecule has 2 aliphatic heterocycles. The van der Waals surface area contributed by atoms with Gasteiger partial charge in [0.15, 0.2) is 6.29 Å². The van der Waals surface area contributed by atoms with Crippen LogP contribution in [0.4, 0.5) is 0 Å². The predicted octanol–water partition coefficient (Wildman–Crippen LogP) is -2.06. The summed E-state index contributed by atoms with van der Waals surface area (Å²) in [7, 11) is 11.7. The number of thioether (sulfide) groups is 1. The fourth-order valence-electron chi connectivity index (χ4n) is 9.18. The Morgan fingerprint density at radius 1 is 0.690 bits per heavy atom. The molecule has 9 unspecified atom stereocenters. The summed E-state index contributed by atoms with van der Waals surface area (Å²) in [5.74, 6) is 0.125. The summed E-state index contributed by atoms with van der Waals surface area (Å²) in [6, 6.07) is 0. The van der Waals surface area contributed by atoms with Crippen molar-refractivity contribution in [1.82, 2.24) is 36.8 Å². The molecule has 0 bridgehead atoms. The van der Waals surface area contributed by atoms with Gasteiger partial charge in [0, 0.05) is 117 Å². The Morgan fingerprint density at radius 2 is 1.18 bits per heavy atom. The molecule has 84 heavy (non-hydrogen) atoms. The molecular weight excluding hydrogens is 1230 g/mol. The Morgan fingerprint density at radius 3 is 1.67 bits per heavy atom. The van der Waals surface area contributed by atoms with Crippen LogP contribution in [0.2, 0.25) is 0 Å². The van der Waals surface area contributed by atoms with Gasteiger partial charge in [0.25, 0.3) is 0 Å². The minimum atomic E-state index is -1.57. The summed E-state index contributed by atoms with van der Waals surface area (Å²) in [5, 5.41) is 66.1. The largest absolute Gasteiger partial charge is 1.00 e. The first-order valence-corrected chi connectivity index (χ1v) is 34.4. The summed E-state index contributed by atoms with van der Waals surface area (Å²) < 4.78 is 17.7. The molecular formula is C53H95ClN8O16S6. The number of quaternary nitrogens is 1. The Kier molecular flexibility index (Phi) is 37.5. The van der Waals surface area contributed by atoms with E-state index in [1.807, 2.05) is 28.1 Å². The van der Waals surface area contributed by atoms with Crippen LogP contribution >= 0.6 is 67.2 Å². The van der Waals surface area contributed by atoms with Gasteiger partial charge in [-0.3, -0.25) is 43.3 Å². The molecule has 2 saturated heterocycles. The Balaban J connectivity index is 0.0000353. The van der Waals surface area contributed by atoms with Crippen LogP contribution in [0.15, 0.2) is 0 Å². The van der Waals surface area contributed by atoms with Gasteiger partial charge in [-0.05, 0) is 39.5 Å². The number of hydrogen-bond acceptors (Lipinski definition) is 22. The molecule has 24 nitrogen and oxygen atoms in total. The average Bonchev–Trinajstić information content (AvgIpc) is 2.78. The Bertz CT molecular complexity index is 2120. The number of ether oxygens (including phenoxy) is 3. The second-order valence-electron chi connectivity index (χ2n) is 23.2.